The Morgan fingerprint density at radius 3 is 2.64 bits per heavy atom. The molecule has 1 saturated heterocycles. The molecule has 1 atom stereocenters. The molecule has 122 valence electrons. The summed E-state index contributed by atoms with van der Waals surface area (Å²) < 4.78 is 13.6. The highest BCUT2D eigenvalue weighted by atomic mass is 35.5. The average molecular weight is 330 g/mol. The first kappa shape index (κ1) is 18.4. The Hall–Kier alpha value is -1.66. The smallest absolute Gasteiger partial charge is 0.231 e. The van der Waals surface area contributed by atoms with Gasteiger partial charge in [-0.1, -0.05) is 0 Å². The van der Waals surface area contributed by atoms with Gasteiger partial charge in [-0.15, -0.1) is 12.4 Å². The largest absolute Gasteiger partial charge is 0.325 e. The van der Waals surface area contributed by atoms with Gasteiger partial charge < -0.3 is 16.0 Å². The predicted molar refractivity (Wildman–Crippen MR) is 86.8 cm³/mol. The second-order valence-electron chi connectivity index (χ2n) is 5.67. The summed E-state index contributed by atoms with van der Waals surface area (Å²) in [5, 5.41) is 8.41. The van der Waals surface area contributed by atoms with Crippen molar-refractivity contribution >= 4 is 35.6 Å². The number of amides is 2. The van der Waals surface area contributed by atoms with Crippen LogP contribution in [0.4, 0.5) is 15.8 Å². The van der Waals surface area contributed by atoms with Crippen molar-refractivity contribution in [1.82, 2.24) is 5.32 Å². The van der Waals surface area contributed by atoms with Crippen molar-refractivity contribution in [3.8, 4) is 0 Å². The molecule has 1 unspecified atom stereocenters. The van der Waals surface area contributed by atoms with E-state index >= 15 is 0 Å². The molecule has 3 N–H and O–H groups in total. The fraction of sp³-hybridized carbons (Fsp3) is 0.467. The Kier molecular flexibility index (Phi) is 6.32. The van der Waals surface area contributed by atoms with Gasteiger partial charge in [0.15, 0.2) is 0 Å². The van der Waals surface area contributed by atoms with Crippen molar-refractivity contribution in [1.29, 1.82) is 0 Å². The van der Waals surface area contributed by atoms with Gasteiger partial charge in [0, 0.05) is 19.2 Å². The normalized spacial score (nSPS) is 20.7. The van der Waals surface area contributed by atoms with Gasteiger partial charge in [-0.3, -0.25) is 9.59 Å². The summed E-state index contributed by atoms with van der Waals surface area (Å²) in [6.07, 6.45) is 1.76. The van der Waals surface area contributed by atoms with Gasteiger partial charge in [0.1, 0.15) is 5.82 Å². The quantitative estimate of drug-likeness (QED) is 0.798. The topological polar surface area (TPSA) is 70.2 Å². The SMILES string of the molecule is CC(=O)Nc1cc(NC(=O)C2(C)CCCNC2)ccc1F.Cl. The van der Waals surface area contributed by atoms with E-state index in [1.54, 1.807) is 0 Å². The average Bonchev–Trinajstić information content (AvgIpc) is 2.43. The standard InChI is InChI=1S/C15H20FN3O2.ClH/c1-10(20)18-13-8-11(4-5-12(13)16)19-14(21)15(2)6-3-7-17-9-15;/h4-5,8,17H,3,6-7,9H2,1-2H3,(H,18,20)(H,19,21);1H. The molecule has 1 aromatic rings. The number of hydrogen-bond acceptors (Lipinski definition) is 3. The highest BCUT2D eigenvalue weighted by molar-refractivity contribution is 5.96. The Morgan fingerprint density at radius 2 is 2.05 bits per heavy atom. The summed E-state index contributed by atoms with van der Waals surface area (Å²) in [7, 11) is 0. The maximum absolute atomic E-state index is 13.6. The monoisotopic (exact) mass is 329 g/mol. The molecular formula is C15H21ClFN3O2. The van der Waals surface area contributed by atoms with Gasteiger partial charge in [-0.2, -0.15) is 0 Å². The lowest BCUT2D eigenvalue weighted by Gasteiger charge is -2.32. The minimum atomic E-state index is -0.534. The van der Waals surface area contributed by atoms with Gasteiger partial charge >= 0.3 is 0 Å². The lowest BCUT2D eigenvalue weighted by atomic mass is 9.82. The molecule has 1 aromatic carbocycles. The summed E-state index contributed by atoms with van der Waals surface area (Å²) in [4.78, 5) is 23.4. The second-order valence-corrected chi connectivity index (χ2v) is 5.67. The number of halogens is 2. The number of carbonyl (C=O) groups is 2. The van der Waals surface area contributed by atoms with Crippen molar-refractivity contribution in [2.45, 2.75) is 26.7 Å². The molecule has 0 aromatic heterocycles. The summed E-state index contributed by atoms with van der Waals surface area (Å²) in [5.74, 6) is -0.996. The number of rotatable bonds is 3. The van der Waals surface area contributed by atoms with Gasteiger partial charge in [0.25, 0.3) is 0 Å². The third-order valence-electron chi connectivity index (χ3n) is 3.68. The second kappa shape index (κ2) is 7.56. The summed E-state index contributed by atoms with van der Waals surface area (Å²) in [6.45, 7) is 4.76. The molecular weight excluding hydrogens is 309 g/mol. The van der Waals surface area contributed by atoms with Crippen LogP contribution < -0.4 is 16.0 Å². The molecule has 2 amide bonds. The zero-order valence-corrected chi connectivity index (χ0v) is 13.5. The lowest BCUT2D eigenvalue weighted by molar-refractivity contribution is -0.125. The Morgan fingerprint density at radius 1 is 1.32 bits per heavy atom. The first-order chi connectivity index (χ1) is 9.90. The zero-order chi connectivity index (χ0) is 15.5. The molecule has 22 heavy (non-hydrogen) atoms. The third-order valence-corrected chi connectivity index (χ3v) is 3.68. The van der Waals surface area contributed by atoms with E-state index < -0.39 is 11.2 Å². The number of carbonyl (C=O) groups excluding carboxylic acids is 2. The van der Waals surface area contributed by atoms with Crippen LogP contribution in [0.5, 0.6) is 0 Å². The van der Waals surface area contributed by atoms with E-state index in [9.17, 15) is 14.0 Å². The molecule has 1 heterocycles. The van der Waals surface area contributed by atoms with E-state index in [-0.39, 0.29) is 29.9 Å². The van der Waals surface area contributed by atoms with Crippen LogP contribution in [0, 0.1) is 11.2 Å². The minimum Gasteiger partial charge on any atom is -0.325 e. The summed E-state index contributed by atoms with van der Waals surface area (Å²) in [5.41, 5.74) is 0.0602. The molecule has 0 spiro atoms. The number of hydrogen-bond donors (Lipinski definition) is 3. The fourth-order valence-electron chi connectivity index (χ4n) is 2.42. The first-order valence-electron chi connectivity index (χ1n) is 7.00. The minimum absolute atomic E-state index is 0. The zero-order valence-electron chi connectivity index (χ0n) is 12.7. The van der Waals surface area contributed by atoms with Crippen molar-refractivity contribution in [3.63, 3.8) is 0 Å². The molecule has 1 aliphatic heterocycles. The molecule has 0 aliphatic carbocycles. The number of nitrogens with one attached hydrogen (secondary N) is 3. The van der Waals surface area contributed by atoms with E-state index in [1.807, 2.05) is 6.92 Å². The molecule has 0 radical (unpaired) electrons. The molecule has 1 fully saturated rings. The van der Waals surface area contributed by atoms with Crippen LogP contribution in [0.1, 0.15) is 26.7 Å². The van der Waals surface area contributed by atoms with Gasteiger partial charge in [0.05, 0.1) is 11.1 Å². The summed E-state index contributed by atoms with van der Waals surface area (Å²) >= 11 is 0. The van der Waals surface area contributed by atoms with Gasteiger partial charge in [-0.25, -0.2) is 4.39 Å². The molecule has 5 nitrogen and oxygen atoms in total. The van der Waals surface area contributed by atoms with E-state index in [1.165, 1.54) is 25.1 Å². The van der Waals surface area contributed by atoms with Crippen molar-refractivity contribution in [2.75, 3.05) is 23.7 Å². The van der Waals surface area contributed by atoms with Crippen LogP contribution >= 0.6 is 12.4 Å². The molecule has 7 heteroatoms. The number of anilines is 2. The van der Waals surface area contributed by atoms with Crippen LogP contribution in [0.15, 0.2) is 18.2 Å². The van der Waals surface area contributed by atoms with E-state index in [2.05, 4.69) is 16.0 Å². The van der Waals surface area contributed by atoms with Crippen LogP contribution in [0.25, 0.3) is 0 Å². The highest BCUT2D eigenvalue weighted by Gasteiger charge is 2.34. The van der Waals surface area contributed by atoms with Crippen molar-refractivity contribution < 1.29 is 14.0 Å². The van der Waals surface area contributed by atoms with Gasteiger partial charge in [-0.05, 0) is 44.5 Å². The van der Waals surface area contributed by atoms with Crippen LogP contribution in [0.3, 0.4) is 0 Å². The van der Waals surface area contributed by atoms with Crippen LogP contribution in [0.2, 0.25) is 0 Å². The molecule has 2 rings (SSSR count). The predicted octanol–water partition coefficient (Wildman–Crippen LogP) is 2.53. The van der Waals surface area contributed by atoms with Gasteiger partial charge in [0.2, 0.25) is 11.8 Å². The fourth-order valence-corrected chi connectivity index (χ4v) is 2.42. The molecule has 1 aliphatic rings. The first-order valence-corrected chi connectivity index (χ1v) is 7.00. The third kappa shape index (κ3) is 4.42. The summed E-state index contributed by atoms with van der Waals surface area (Å²) in [6, 6.07) is 4.13. The maximum Gasteiger partial charge on any atom is 0.231 e. The van der Waals surface area contributed by atoms with E-state index in [4.69, 9.17) is 0 Å². The maximum atomic E-state index is 13.6. The Balaban J connectivity index is 0.00000242. The highest BCUT2D eigenvalue weighted by Crippen LogP contribution is 2.28. The molecule has 0 bridgehead atoms. The molecule has 0 saturated carbocycles. The van der Waals surface area contributed by atoms with Crippen LogP contribution in [-0.2, 0) is 9.59 Å². The Bertz CT molecular complexity index is 560. The van der Waals surface area contributed by atoms with Crippen LogP contribution in [-0.4, -0.2) is 24.9 Å². The Labute approximate surface area is 135 Å². The van der Waals surface area contributed by atoms with Crippen molar-refractivity contribution in [3.05, 3.63) is 24.0 Å². The van der Waals surface area contributed by atoms with E-state index in [0.29, 0.717) is 12.2 Å². The number of benzene rings is 1. The van der Waals surface area contributed by atoms with E-state index in [0.717, 1.165) is 19.4 Å². The lowest BCUT2D eigenvalue weighted by Crippen LogP contribution is -2.46. The number of piperidine rings is 1. The van der Waals surface area contributed by atoms with Crippen molar-refractivity contribution in [2.24, 2.45) is 5.41 Å².